The van der Waals surface area contributed by atoms with Crippen LogP contribution in [0.3, 0.4) is 0 Å². The lowest BCUT2D eigenvalue weighted by Gasteiger charge is -1.89. The van der Waals surface area contributed by atoms with Crippen molar-refractivity contribution in [2.75, 3.05) is 0 Å². The van der Waals surface area contributed by atoms with Crippen LogP contribution in [0.15, 0.2) is 17.0 Å². The lowest BCUT2D eigenvalue weighted by atomic mass is 10.3. The van der Waals surface area contributed by atoms with E-state index in [1.54, 1.807) is 0 Å². The van der Waals surface area contributed by atoms with Crippen molar-refractivity contribution in [2.45, 2.75) is 26.7 Å². The van der Waals surface area contributed by atoms with Gasteiger partial charge in [0.15, 0.2) is 0 Å². The van der Waals surface area contributed by atoms with E-state index in [1.807, 2.05) is 13.8 Å². The van der Waals surface area contributed by atoms with Crippen molar-refractivity contribution in [3.8, 4) is 0 Å². The van der Waals surface area contributed by atoms with Gasteiger partial charge in [-0.3, -0.25) is 0 Å². The average Bonchev–Trinajstić information content (AvgIpc) is 2.40. The van der Waals surface area contributed by atoms with Gasteiger partial charge < -0.3 is 5.73 Å². The molecule has 0 aromatic rings. The molecule has 0 spiro atoms. The second kappa shape index (κ2) is 2.28. The molecule has 9 heavy (non-hydrogen) atoms. The maximum atomic E-state index is 5.66. The van der Waals surface area contributed by atoms with Gasteiger partial charge in [-0.05, 0) is 32.3 Å². The van der Waals surface area contributed by atoms with E-state index in [2.05, 4.69) is 5.73 Å². The minimum atomic E-state index is 0.667. The Bertz CT molecular complexity index is 165. The monoisotopic (exact) mass is 123 g/mol. The van der Waals surface area contributed by atoms with Crippen LogP contribution in [-0.2, 0) is 0 Å². The van der Waals surface area contributed by atoms with Gasteiger partial charge in [0, 0.05) is 5.92 Å². The Balaban J connectivity index is 2.68. The van der Waals surface area contributed by atoms with Gasteiger partial charge in [-0.2, -0.15) is 0 Å². The lowest BCUT2D eigenvalue weighted by Crippen LogP contribution is -1.96. The van der Waals surface area contributed by atoms with Gasteiger partial charge in [0.2, 0.25) is 0 Å². The predicted molar refractivity (Wildman–Crippen MR) is 38.8 cm³/mol. The zero-order valence-electron chi connectivity index (χ0n) is 6.07. The fraction of sp³-hybridized carbons (Fsp3) is 0.625. The Kier molecular flexibility index (Phi) is 1.63. The molecular weight excluding hydrogens is 110 g/mol. The molecule has 0 bridgehead atoms. The van der Waals surface area contributed by atoms with Gasteiger partial charge in [0.25, 0.3) is 0 Å². The minimum absolute atomic E-state index is 0.667. The first-order valence-electron chi connectivity index (χ1n) is 3.39. The molecule has 1 rings (SSSR count). The number of nitrogens with two attached hydrogens (primary N) is 1. The fourth-order valence-corrected chi connectivity index (χ4v) is 0.785. The fourth-order valence-electron chi connectivity index (χ4n) is 0.785. The summed E-state index contributed by atoms with van der Waals surface area (Å²) in [4.78, 5) is 0. The molecule has 1 aliphatic carbocycles. The van der Waals surface area contributed by atoms with Crippen molar-refractivity contribution in [3.05, 3.63) is 17.0 Å². The zero-order chi connectivity index (χ0) is 6.85. The summed E-state index contributed by atoms with van der Waals surface area (Å²) in [5, 5.41) is 0. The molecule has 2 N–H and O–H groups in total. The SMILES string of the molecule is CC(C)=C=C(N)C1CC1. The van der Waals surface area contributed by atoms with Gasteiger partial charge in [0.05, 0.1) is 5.70 Å². The van der Waals surface area contributed by atoms with Crippen LogP contribution in [0.4, 0.5) is 0 Å². The van der Waals surface area contributed by atoms with Crippen LogP contribution in [0.5, 0.6) is 0 Å². The third-order valence-corrected chi connectivity index (χ3v) is 1.41. The molecule has 1 heteroatoms. The van der Waals surface area contributed by atoms with Crippen LogP contribution in [0.1, 0.15) is 26.7 Å². The smallest absolute Gasteiger partial charge is 0.0542 e. The van der Waals surface area contributed by atoms with Crippen molar-refractivity contribution in [2.24, 2.45) is 11.7 Å². The average molecular weight is 123 g/mol. The Hall–Kier alpha value is -0.680. The molecular formula is C8H13N. The second-order valence-corrected chi connectivity index (χ2v) is 2.85. The highest BCUT2D eigenvalue weighted by Gasteiger charge is 2.23. The topological polar surface area (TPSA) is 26.0 Å². The minimum Gasteiger partial charge on any atom is -0.396 e. The van der Waals surface area contributed by atoms with E-state index in [9.17, 15) is 0 Å². The Morgan fingerprint density at radius 3 is 2.33 bits per heavy atom. The molecule has 1 aliphatic rings. The third-order valence-electron chi connectivity index (χ3n) is 1.41. The highest BCUT2D eigenvalue weighted by molar-refractivity contribution is 5.10. The van der Waals surface area contributed by atoms with Crippen molar-refractivity contribution in [3.63, 3.8) is 0 Å². The molecule has 0 aromatic carbocycles. The summed E-state index contributed by atoms with van der Waals surface area (Å²) < 4.78 is 0. The Labute approximate surface area is 56.2 Å². The molecule has 0 saturated heterocycles. The maximum absolute atomic E-state index is 5.66. The summed E-state index contributed by atoms with van der Waals surface area (Å²) >= 11 is 0. The van der Waals surface area contributed by atoms with E-state index in [4.69, 9.17) is 5.73 Å². The highest BCUT2D eigenvalue weighted by atomic mass is 14.6. The molecule has 0 amide bonds. The van der Waals surface area contributed by atoms with E-state index in [1.165, 1.54) is 18.4 Å². The number of hydrogen-bond acceptors (Lipinski definition) is 1. The van der Waals surface area contributed by atoms with Crippen molar-refractivity contribution in [1.82, 2.24) is 0 Å². The van der Waals surface area contributed by atoms with E-state index in [0.29, 0.717) is 5.92 Å². The largest absolute Gasteiger partial charge is 0.396 e. The van der Waals surface area contributed by atoms with Crippen LogP contribution in [0.25, 0.3) is 0 Å². The van der Waals surface area contributed by atoms with E-state index in [-0.39, 0.29) is 0 Å². The van der Waals surface area contributed by atoms with E-state index in [0.717, 1.165) is 5.70 Å². The summed E-state index contributed by atoms with van der Waals surface area (Å²) in [5.74, 6) is 0.667. The maximum Gasteiger partial charge on any atom is 0.0542 e. The molecule has 0 radical (unpaired) electrons. The Morgan fingerprint density at radius 2 is 2.00 bits per heavy atom. The van der Waals surface area contributed by atoms with Crippen LogP contribution in [-0.4, -0.2) is 0 Å². The lowest BCUT2D eigenvalue weighted by molar-refractivity contribution is 0.981. The third kappa shape index (κ3) is 1.95. The molecule has 0 atom stereocenters. The van der Waals surface area contributed by atoms with Gasteiger partial charge in [-0.15, -0.1) is 5.73 Å². The van der Waals surface area contributed by atoms with Crippen LogP contribution in [0.2, 0.25) is 0 Å². The Morgan fingerprint density at radius 1 is 1.44 bits per heavy atom. The van der Waals surface area contributed by atoms with Gasteiger partial charge in [-0.25, -0.2) is 0 Å². The first kappa shape index (κ1) is 6.44. The van der Waals surface area contributed by atoms with Crippen molar-refractivity contribution in [1.29, 1.82) is 0 Å². The van der Waals surface area contributed by atoms with Crippen LogP contribution in [0, 0.1) is 5.92 Å². The van der Waals surface area contributed by atoms with Gasteiger partial charge in [-0.1, -0.05) is 0 Å². The first-order chi connectivity index (χ1) is 4.20. The van der Waals surface area contributed by atoms with E-state index < -0.39 is 0 Å². The van der Waals surface area contributed by atoms with Crippen LogP contribution < -0.4 is 5.73 Å². The molecule has 0 heterocycles. The predicted octanol–water partition coefficient (Wildman–Crippen LogP) is 1.80. The number of allylic oxidation sites excluding steroid dienone is 1. The summed E-state index contributed by atoms with van der Waals surface area (Å²) in [7, 11) is 0. The summed E-state index contributed by atoms with van der Waals surface area (Å²) in [5.41, 5.74) is 10.9. The molecule has 0 unspecified atom stereocenters. The molecule has 1 nitrogen and oxygen atoms in total. The molecule has 0 aliphatic heterocycles. The normalized spacial score (nSPS) is 16.7. The van der Waals surface area contributed by atoms with Gasteiger partial charge >= 0.3 is 0 Å². The van der Waals surface area contributed by atoms with E-state index >= 15 is 0 Å². The second-order valence-electron chi connectivity index (χ2n) is 2.85. The van der Waals surface area contributed by atoms with Crippen molar-refractivity contribution < 1.29 is 0 Å². The molecule has 0 aromatic heterocycles. The highest BCUT2D eigenvalue weighted by Crippen LogP contribution is 2.33. The molecule has 50 valence electrons. The number of hydrogen-bond donors (Lipinski definition) is 1. The van der Waals surface area contributed by atoms with Gasteiger partial charge in [0.1, 0.15) is 0 Å². The standard InChI is InChI=1S/C8H13N/c1-6(2)5-8(9)7-3-4-7/h7H,3-4,9H2,1-2H3. The summed E-state index contributed by atoms with van der Waals surface area (Å²) in [6.45, 7) is 4.05. The molecule has 1 fully saturated rings. The molecule has 1 saturated carbocycles. The summed E-state index contributed by atoms with van der Waals surface area (Å²) in [6.07, 6.45) is 2.54. The number of rotatable bonds is 1. The van der Waals surface area contributed by atoms with Crippen LogP contribution >= 0.6 is 0 Å². The quantitative estimate of drug-likeness (QED) is 0.529. The van der Waals surface area contributed by atoms with Crippen molar-refractivity contribution >= 4 is 0 Å². The summed E-state index contributed by atoms with van der Waals surface area (Å²) in [6, 6.07) is 0. The zero-order valence-corrected chi connectivity index (χ0v) is 6.07. The first-order valence-corrected chi connectivity index (χ1v) is 3.39.